The molecule has 1 atom stereocenters. The topological polar surface area (TPSA) is 78.4 Å². The molecule has 0 spiro atoms. The van der Waals surface area contributed by atoms with Crippen LogP contribution in [0.5, 0.6) is 0 Å². The van der Waals surface area contributed by atoms with Crippen LogP contribution >= 0.6 is 0 Å². The van der Waals surface area contributed by atoms with Gasteiger partial charge in [-0.15, -0.1) is 0 Å². The molecular weight excluding hydrogens is 184 g/mol. The van der Waals surface area contributed by atoms with Crippen LogP contribution in [0, 0.1) is 10.1 Å². The van der Waals surface area contributed by atoms with Crippen LogP contribution in [-0.4, -0.2) is 18.6 Å². The van der Waals surface area contributed by atoms with Gasteiger partial charge in [-0.1, -0.05) is 12.1 Å². The summed E-state index contributed by atoms with van der Waals surface area (Å²) in [5, 5.41) is 10.5. The fourth-order valence-corrected chi connectivity index (χ4v) is 1.14. The largest absolute Gasteiger partial charge is 0.383 e. The summed E-state index contributed by atoms with van der Waals surface area (Å²) in [4.78, 5) is 10.0. The van der Waals surface area contributed by atoms with E-state index in [1.54, 1.807) is 12.1 Å². The Morgan fingerprint density at radius 1 is 1.64 bits per heavy atom. The van der Waals surface area contributed by atoms with Gasteiger partial charge in [0, 0.05) is 19.2 Å². The van der Waals surface area contributed by atoms with Crippen molar-refractivity contribution in [1.82, 2.24) is 0 Å². The minimum absolute atomic E-state index is 0.0500. The Bertz CT molecular complexity index is 328. The number of methoxy groups -OCH3 is 1. The van der Waals surface area contributed by atoms with Crippen LogP contribution in [0.4, 0.5) is 5.69 Å². The maximum absolute atomic E-state index is 10.5. The van der Waals surface area contributed by atoms with Gasteiger partial charge in [0.1, 0.15) is 0 Å². The van der Waals surface area contributed by atoms with Crippen molar-refractivity contribution in [3.63, 3.8) is 0 Å². The molecule has 14 heavy (non-hydrogen) atoms. The van der Waals surface area contributed by atoms with Gasteiger partial charge in [-0.3, -0.25) is 10.1 Å². The second-order valence-electron chi connectivity index (χ2n) is 2.91. The van der Waals surface area contributed by atoms with Gasteiger partial charge in [0.15, 0.2) is 0 Å². The van der Waals surface area contributed by atoms with Crippen LogP contribution in [0.2, 0.25) is 0 Å². The summed E-state index contributed by atoms with van der Waals surface area (Å²) in [6, 6.07) is 5.94. The number of nitrogens with zero attached hydrogens (tertiary/aromatic N) is 1. The van der Waals surface area contributed by atoms with E-state index in [4.69, 9.17) is 10.5 Å². The Labute approximate surface area is 81.6 Å². The van der Waals surface area contributed by atoms with Crippen molar-refractivity contribution in [2.24, 2.45) is 5.73 Å². The number of rotatable bonds is 4. The van der Waals surface area contributed by atoms with Crippen molar-refractivity contribution >= 4 is 5.69 Å². The zero-order chi connectivity index (χ0) is 10.6. The van der Waals surface area contributed by atoms with Crippen LogP contribution in [0.3, 0.4) is 0 Å². The Morgan fingerprint density at radius 3 is 2.93 bits per heavy atom. The van der Waals surface area contributed by atoms with E-state index in [1.165, 1.54) is 19.2 Å². The molecule has 5 heteroatoms. The summed E-state index contributed by atoms with van der Waals surface area (Å²) in [5.41, 5.74) is 6.49. The summed E-state index contributed by atoms with van der Waals surface area (Å²) < 4.78 is 4.86. The van der Waals surface area contributed by atoms with Gasteiger partial charge >= 0.3 is 0 Å². The average molecular weight is 196 g/mol. The molecule has 0 saturated carbocycles. The van der Waals surface area contributed by atoms with E-state index in [2.05, 4.69) is 0 Å². The van der Waals surface area contributed by atoms with Crippen LogP contribution < -0.4 is 5.73 Å². The lowest BCUT2D eigenvalue weighted by molar-refractivity contribution is -0.384. The highest BCUT2D eigenvalue weighted by Gasteiger charge is 2.10. The number of hydrogen-bond donors (Lipinski definition) is 1. The molecule has 0 saturated heterocycles. The second-order valence-corrected chi connectivity index (χ2v) is 2.91. The average Bonchev–Trinajstić information content (AvgIpc) is 2.18. The molecule has 0 aliphatic heterocycles. The Hall–Kier alpha value is -1.46. The first-order valence-corrected chi connectivity index (χ1v) is 4.14. The number of nitrogens with two attached hydrogens (primary N) is 1. The summed E-state index contributed by atoms with van der Waals surface area (Å²) >= 11 is 0. The van der Waals surface area contributed by atoms with Gasteiger partial charge in [-0.2, -0.15) is 0 Å². The summed E-state index contributed by atoms with van der Waals surface area (Å²) in [6.07, 6.45) is 0. The highest BCUT2D eigenvalue weighted by molar-refractivity contribution is 5.35. The molecule has 1 aromatic carbocycles. The lowest BCUT2D eigenvalue weighted by Gasteiger charge is -2.09. The maximum Gasteiger partial charge on any atom is 0.269 e. The monoisotopic (exact) mass is 196 g/mol. The first-order valence-electron chi connectivity index (χ1n) is 4.14. The zero-order valence-corrected chi connectivity index (χ0v) is 7.84. The molecule has 76 valence electrons. The minimum Gasteiger partial charge on any atom is -0.383 e. The molecule has 0 heterocycles. The van der Waals surface area contributed by atoms with E-state index in [1.807, 2.05) is 0 Å². The van der Waals surface area contributed by atoms with Crippen LogP contribution in [0.25, 0.3) is 0 Å². The summed E-state index contributed by atoms with van der Waals surface area (Å²) in [5.74, 6) is 0. The number of hydrogen-bond acceptors (Lipinski definition) is 4. The van der Waals surface area contributed by atoms with E-state index >= 15 is 0 Å². The van der Waals surface area contributed by atoms with Crippen molar-refractivity contribution in [1.29, 1.82) is 0 Å². The predicted octanol–water partition coefficient (Wildman–Crippen LogP) is 1.24. The molecule has 0 bridgehead atoms. The van der Waals surface area contributed by atoms with Crippen LogP contribution in [0.1, 0.15) is 11.6 Å². The van der Waals surface area contributed by atoms with E-state index in [0.717, 1.165) is 0 Å². The number of benzene rings is 1. The fraction of sp³-hybridized carbons (Fsp3) is 0.333. The molecule has 5 nitrogen and oxygen atoms in total. The molecule has 0 radical (unpaired) electrons. The quantitative estimate of drug-likeness (QED) is 0.580. The first-order chi connectivity index (χ1) is 6.65. The molecule has 1 aromatic rings. The van der Waals surface area contributed by atoms with E-state index in [9.17, 15) is 10.1 Å². The molecular formula is C9H12N2O3. The number of nitro benzene ring substituents is 1. The SMILES string of the molecule is COC[C@H](N)c1cccc([N+](=O)[O-])c1. The van der Waals surface area contributed by atoms with Gasteiger partial charge < -0.3 is 10.5 Å². The van der Waals surface area contributed by atoms with Crippen molar-refractivity contribution < 1.29 is 9.66 Å². The van der Waals surface area contributed by atoms with Gasteiger partial charge in [0.05, 0.1) is 17.6 Å². The maximum atomic E-state index is 10.5. The lowest BCUT2D eigenvalue weighted by Crippen LogP contribution is -2.16. The Balaban J connectivity index is 2.87. The van der Waals surface area contributed by atoms with Gasteiger partial charge in [-0.25, -0.2) is 0 Å². The van der Waals surface area contributed by atoms with Crippen molar-refractivity contribution in [3.8, 4) is 0 Å². The molecule has 0 amide bonds. The van der Waals surface area contributed by atoms with E-state index < -0.39 is 4.92 Å². The first kappa shape index (κ1) is 10.6. The fourth-order valence-electron chi connectivity index (χ4n) is 1.14. The van der Waals surface area contributed by atoms with Crippen LogP contribution in [0.15, 0.2) is 24.3 Å². The highest BCUT2D eigenvalue weighted by atomic mass is 16.6. The minimum atomic E-state index is -0.441. The molecule has 0 aromatic heterocycles. The Kier molecular flexibility index (Phi) is 3.55. The third kappa shape index (κ3) is 2.51. The smallest absolute Gasteiger partial charge is 0.269 e. The number of non-ortho nitro benzene ring substituents is 1. The number of ether oxygens (including phenoxy) is 1. The lowest BCUT2D eigenvalue weighted by atomic mass is 10.1. The van der Waals surface area contributed by atoms with Crippen molar-refractivity contribution in [3.05, 3.63) is 39.9 Å². The standard InChI is InChI=1S/C9H12N2O3/c1-14-6-9(10)7-3-2-4-8(5-7)11(12)13/h2-5,9H,6,10H2,1H3/t9-/m0/s1. The van der Waals surface area contributed by atoms with Crippen molar-refractivity contribution in [2.45, 2.75) is 6.04 Å². The predicted molar refractivity (Wildman–Crippen MR) is 51.9 cm³/mol. The second kappa shape index (κ2) is 4.69. The van der Waals surface area contributed by atoms with E-state index in [0.29, 0.717) is 12.2 Å². The van der Waals surface area contributed by atoms with Gasteiger partial charge in [0.2, 0.25) is 0 Å². The third-order valence-corrected chi connectivity index (χ3v) is 1.86. The van der Waals surface area contributed by atoms with Gasteiger partial charge in [-0.05, 0) is 5.56 Å². The zero-order valence-electron chi connectivity index (χ0n) is 7.84. The molecule has 0 unspecified atom stereocenters. The molecule has 0 aliphatic rings. The van der Waals surface area contributed by atoms with Gasteiger partial charge in [0.25, 0.3) is 5.69 Å². The molecule has 1 rings (SSSR count). The molecule has 0 fully saturated rings. The van der Waals surface area contributed by atoms with Crippen molar-refractivity contribution in [2.75, 3.05) is 13.7 Å². The highest BCUT2D eigenvalue weighted by Crippen LogP contribution is 2.17. The summed E-state index contributed by atoms with van der Waals surface area (Å²) in [7, 11) is 1.54. The molecule has 0 aliphatic carbocycles. The normalized spacial score (nSPS) is 12.4. The Morgan fingerprint density at radius 2 is 2.36 bits per heavy atom. The van der Waals surface area contributed by atoms with Crippen LogP contribution in [-0.2, 0) is 4.74 Å². The van der Waals surface area contributed by atoms with E-state index in [-0.39, 0.29) is 11.7 Å². The third-order valence-electron chi connectivity index (χ3n) is 1.86. The molecule has 2 N–H and O–H groups in total. The number of nitro groups is 1. The summed E-state index contributed by atoms with van der Waals surface area (Å²) in [6.45, 7) is 0.348.